The molecule has 1 aromatic carbocycles. The summed E-state index contributed by atoms with van der Waals surface area (Å²) in [6.45, 7) is 7.67. The summed E-state index contributed by atoms with van der Waals surface area (Å²) in [6.07, 6.45) is 2.11. The third-order valence-corrected chi connectivity index (χ3v) is 2.43. The Bertz CT molecular complexity index is 378. The van der Waals surface area contributed by atoms with Gasteiger partial charge in [-0.2, -0.15) is 0 Å². The summed E-state index contributed by atoms with van der Waals surface area (Å²) in [7, 11) is 0. The van der Waals surface area contributed by atoms with Crippen molar-refractivity contribution in [2.24, 2.45) is 5.16 Å². The van der Waals surface area contributed by atoms with Crippen LogP contribution < -0.4 is 0 Å². The largest absolute Gasteiger partial charge is 0.507 e. The monoisotopic (exact) mass is 301 g/mol. The van der Waals surface area contributed by atoms with Crippen molar-refractivity contribution in [1.29, 1.82) is 0 Å². The topological polar surface area (TPSA) is 73.0 Å². The SMILES string of the molecule is CC(C)O.CCC(C)c1ccc(O)c(/C=N/O)c1.[Ti]. The normalized spacial score (nSPS) is 11.7. The maximum atomic E-state index is 9.42. The quantitative estimate of drug-likeness (QED) is 0.347. The summed E-state index contributed by atoms with van der Waals surface area (Å²) in [5, 5.41) is 28.8. The predicted molar refractivity (Wildman–Crippen MR) is 73.5 cm³/mol. The fraction of sp³-hybridized carbons (Fsp3) is 0.500. The summed E-state index contributed by atoms with van der Waals surface area (Å²) in [5.41, 5.74) is 1.69. The first kappa shape index (κ1) is 20.5. The van der Waals surface area contributed by atoms with E-state index in [0.29, 0.717) is 11.5 Å². The zero-order valence-corrected chi connectivity index (χ0v) is 13.5. The van der Waals surface area contributed by atoms with E-state index in [4.69, 9.17) is 10.3 Å². The van der Waals surface area contributed by atoms with Crippen molar-refractivity contribution in [1.82, 2.24) is 0 Å². The summed E-state index contributed by atoms with van der Waals surface area (Å²) in [5.74, 6) is 0.580. The van der Waals surface area contributed by atoms with Gasteiger partial charge < -0.3 is 15.4 Å². The molecule has 19 heavy (non-hydrogen) atoms. The fourth-order valence-corrected chi connectivity index (χ4v) is 1.28. The van der Waals surface area contributed by atoms with E-state index in [1.54, 1.807) is 19.9 Å². The number of hydrogen-bond donors (Lipinski definition) is 3. The third-order valence-electron chi connectivity index (χ3n) is 2.43. The summed E-state index contributed by atoms with van der Waals surface area (Å²) in [4.78, 5) is 0. The minimum atomic E-state index is -0.167. The van der Waals surface area contributed by atoms with E-state index in [2.05, 4.69) is 19.0 Å². The number of oxime groups is 1. The molecule has 0 fully saturated rings. The van der Waals surface area contributed by atoms with Crippen molar-refractivity contribution in [3.63, 3.8) is 0 Å². The van der Waals surface area contributed by atoms with Gasteiger partial charge in [0.1, 0.15) is 5.75 Å². The van der Waals surface area contributed by atoms with Gasteiger partial charge in [0.25, 0.3) is 0 Å². The molecule has 106 valence electrons. The van der Waals surface area contributed by atoms with Crippen molar-refractivity contribution < 1.29 is 37.1 Å². The maximum Gasteiger partial charge on any atom is 0.124 e. The molecule has 0 aliphatic rings. The van der Waals surface area contributed by atoms with Gasteiger partial charge in [-0.15, -0.1) is 0 Å². The zero-order chi connectivity index (χ0) is 14.1. The molecule has 1 atom stereocenters. The Morgan fingerprint density at radius 2 is 1.79 bits per heavy atom. The number of aliphatic hydroxyl groups excluding tert-OH is 1. The molecule has 0 aliphatic heterocycles. The number of benzene rings is 1. The Kier molecular flexibility index (Phi) is 11.9. The molecule has 0 saturated heterocycles. The van der Waals surface area contributed by atoms with Gasteiger partial charge in [0.2, 0.25) is 0 Å². The van der Waals surface area contributed by atoms with Gasteiger partial charge in [0.15, 0.2) is 0 Å². The molecule has 0 heterocycles. The van der Waals surface area contributed by atoms with Crippen molar-refractivity contribution in [2.75, 3.05) is 0 Å². The number of aliphatic hydroxyl groups is 1. The molecule has 3 N–H and O–H groups in total. The first-order chi connectivity index (χ1) is 8.42. The maximum absolute atomic E-state index is 9.42. The molecule has 1 unspecified atom stereocenters. The fourth-order valence-electron chi connectivity index (χ4n) is 1.28. The molecular weight excluding hydrogens is 278 g/mol. The van der Waals surface area contributed by atoms with Gasteiger partial charge in [-0.3, -0.25) is 0 Å². The van der Waals surface area contributed by atoms with E-state index in [9.17, 15) is 5.11 Å². The molecule has 1 rings (SSSR count). The van der Waals surface area contributed by atoms with Gasteiger partial charge in [-0.25, -0.2) is 0 Å². The van der Waals surface area contributed by atoms with Crippen LogP contribution in [-0.2, 0) is 21.7 Å². The minimum Gasteiger partial charge on any atom is -0.507 e. The van der Waals surface area contributed by atoms with Crippen LogP contribution in [0.5, 0.6) is 5.75 Å². The van der Waals surface area contributed by atoms with Gasteiger partial charge in [0.05, 0.1) is 6.21 Å². The predicted octanol–water partition coefficient (Wildman–Crippen LogP) is 3.10. The van der Waals surface area contributed by atoms with E-state index in [0.717, 1.165) is 12.0 Å². The van der Waals surface area contributed by atoms with Crippen LogP contribution >= 0.6 is 0 Å². The van der Waals surface area contributed by atoms with Gasteiger partial charge in [-0.05, 0) is 43.9 Å². The molecule has 0 bridgehead atoms. The second kappa shape index (κ2) is 11.0. The number of nitrogens with zero attached hydrogens (tertiary/aromatic N) is 1. The number of hydrogen-bond acceptors (Lipinski definition) is 4. The standard InChI is InChI=1S/C11H15NO2.C3H8O.Ti/c1-3-8(2)9-4-5-11(13)10(6-9)7-12-14;1-3(2)4;/h4-8,13-14H,3H2,1-2H3;3-4H,1-2H3;/b12-7+;;. The van der Waals surface area contributed by atoms with E-state index >= 15 is 0 Å². The van der Waals surface area contributed by atoms with E-state index in [-0.39, 0.29) is 33.6 Å². The van der Waals surface area contributed by atoms with Crippen LogP contribution in [-0.4, -0.2) is 27.7 Å². The molecule has 0 spiro atoms. The minimum absolute atomic E-state index is 0. The zero-order valence-electron chi connectivity index (χ0n) is 12.0. The van der Waals surface area contributed by atoms with E-state index in [1.807, 2.05) is 12.1 Å². The van der Waals surface area contributed by atoms with Gasteiger partial charge in [-0.1, -0.05) is 25.1 Å². The van der Waals surface area contributed by atoms with E-state index < -0.39 is 0 Å². The van der Waals surface area contributed by atoms with Gasteiger partial charge in [0, 0.05) is 33.4 Å². The Hall–Kier alpha value is -0.836. The van der Waals surface area contributed by atoms with Crippen LogP contribution in [0.15, 0.2) is 23.4 Å². The second-order valence-corrected chi connectivity index (χ2v) is 4.47. The molecule has 1 aromatic rings. The second-order valence-electron chi connectivity index (χ2n) is 4.47. The number of phenolic OH excluding ortho intramolecular Hbond substituents is 1. The Morgan fingerprint density at radius 1 is 1.26 bits per heavy atom. The van der Waals surface area contributed by atoms with Crippen LogP contribution in [0.4, 0.5) is 0 Å². The Labute approximate surface area is 130 Å². The van der Waals surface area contributed by atoms with Crippen LogP contribution in [0.3, 0.4) is 0 Å². The molecule has 0 radical (unpaired) electrons. The molecular formula is C14H23NO3Ti. The first-order valence-corrected chi connectivity index (χ1v) is 6.10. The van der Waals surface area contributed by atoms with Crippen LogP contribution in [0.2, 0.25) is 0 Å². The van der Waals surface area contributed by atoms with Crippen LogP contribution in [0, 0.1) is 0 Å². The summed E-state index contributed by atoms with van der Waals surface area (Å²) < 4.78 is 0. The van der Waals surface area contributed by atoms with Crippen LogP contribution in [0.1, 0.15) is 51.2 Å². The van der Waals surface area contributed by atoms with Crippen molar-refractivity contribution in [3.05, 3.63) is 29.3 Å². The smallest absolute Gasteiger partial charge is 0.124 e. The molecule has 4 nitrogen and oxygen atoms in total. The molecule has 0 aromatic heterocycles. The van der Waals surface area contributed by atoms with Crippen molar-refractivity contribution in [2.45, 2.75) is 46.1 Å². The number of aromatic hydroxyl groups is 1. The first-order valence-electron chi connectivity index (χ1n) is 6.10. The molecule has 0 amide bonds. The van der Waals surface area contributed by atoms with E-state index in [1.165, 1.54) is 6.21 Å². The van der Waals surface area contributed by atoms with Crippen molar-refractivity contribution >= 4 is 6.21 Å². The molecule has 5 heteroatoms. The van der Waals surface area contributed by atoms with Crippen LogP contribution in [0.25, 0.3) is 0 Å². The summed E-state index contributed by atoms with van der Waals surface area (Å²) >= 11 is 0. The third kappa shape index (κ3) is 8.81. The average Bonchev–Trinajstić information content (AvgIpc) is 2.30. The average molecular weight is 301 g/mol. The molecule has 0 saturated carbocycles. The summed E-state index contributed by atoms with van der Waals surface area (Å²) in [6, 6.07) is 5.35. The number of phenols is 1. The Balaban J connectivity index is 0. The van der Waals surface area contributed by atoms with Gasteiger partial charge >= 0.3 is 0 Å². The number of rotatable bonds is 3. The Morgan fingerprint density at radius 3 is 2.21 bits per heavy atom. The molecule has 0 aliphatic carbocycles. The van der Waals surface area contributed by atoms with Crippen molar-refractivity contribution in [3.8, 4) is 5.75 Å².